The van der Waals surface area contributed by atoms with E-state index in [1.165, 1.54) is 0 Å². The van der Waals surface area contributed by atoms with Crippen molar-refractivity contribution in [3.05, 3.63) is 72.2 Å². The lowest BCUT2D eigenvalue weighted by atomic mass is 9.96. The molecule has 4 aromatic rings. The number of imidazole rings is 1. The number of amides is 1. The smallest absolute Gasteiger partial charge is 0.271 e. The molecule has 34 heavy (non-hydrogen) atoms. The predicted octanol–water partition coefficient (Wildman–Crippen LogP) is 4.33. The Balaban J connectivity index is 1.46. The van der Waals surface area contributed by atoms with Crippen molar-refractivity contribution < 1.29 is 14.1 Å². The van der Waals surface area contributed by atoms with Gasteiger partial charge in [-0.25, -0.2) is 9.97 Å². The molecule has 1 N–H and O–H groups in total. The number of pyridine rings is 1. The van der Waals surface area contributed by atoms with Gasteiger partial charge in [0, 0.05) is 24.4 Å². The number of nitrogens with one attached hydrogen (secondary N) is 1. The molecular formula is C25H28N6O3. The molecule has 0 radical (unpaired) electrons. The topological polar surface area (TPSA) is 108 Å². The van der Waals surface area contributed by atoms with Gasteiger partial charge in [-0.05, 0) is 36.2 Å². The number of carbonyl (C=O) groups excluding carboxylic acids is 1. The fourth-order valence-electron chi connectivity index (χ4n) is 3.16. The van der Waals surface area contributed by atoms with Crippen LogP contribution in [0.5, 0.6) is 5.75 Å². The van der Waals surface area contributed by atoms with E-state index in [0.717, 1.165) is 17.7 Å². The molecule has 0 saturated carbocycles. The molecule has 4 rings (SSSR count). The molecule has 1 aromatic carbocycles. The highest BCUT2D eigenvalue weighted by atomic mass is 16.5. The quantitative estimate of drug-likeness (QED) is 0.417. The van der Waals surface area contributed by atoms with E-state index in [-0.39, 0.29) is 17.0 Å². The maximum atomic E-state index is 12.7. The third kappa shape index (κ3) is 5.31. The molecule has 0 aliphatic carbocycles. The van der Waals surface area contributed by atoms with E-state index in [1.54, 1.807) is 29.4 Å². The fraction of sp³-hybridized carbons (Fsp3) is 0.320. The molecular weight excluding hydrogens is 432 g/mol. The lowest BCUT2D eigenvalue weighted by Gasteiger charge is -2.11. The van der Waals surface area contributed by atoms with Crippen molar-refractivity contribution in [1.29, 1.82) is 0 Å². The number of aromatic nitrogens is 5. The van der Waals surface area contributed by atoms with Gasteiger partial charge in [-0.2, -0.15) is 4.98 Å². The summed E-state index contributed by atoms with van der Waals surface area (Å²) in [5.41, 5.74) is 1.66. The first-order chi connectivity index (χ1) is 16.3. The van der Waals surface area contributed by atoms with Gasteiger partial charge in [0.25, 0.3) is 11.8 Å². The minimum atomic E-state index is -0.282. The molecule has 0 bridgehead atoms. The van der Waals surface area contributed by atoms with Crippen LogP contribution in [0.1, 0.15) is 56.0 Å². The van der Waals surface area contributed by atoms with Crippen LogP contribution in [0.4, 0.5) is 0 Å². The van der Waals surface area contributed by atoms with Crippen LogP contribution in [0.25, 0.3) is 17.3 Å². The van der Waals surface area contributed by atoms with Gasteiger partial charge >= 0.3 is 0 Å². The second-order valence-electron chi connectivity index (χ2n) is 8.89. The lowest BCUT2D eigenvalue weighted by molar-refractivity contribution is 0.0946. The second kappa shape index (κ2) is 9.86. The summed E-state index contributed by atoms with van der Waals surface area (Å²) in [4.78, 5) is 25.9. The molecule has 0 unspecified atom stereocenters. The summed E-state index contributed by atoms with van der Waals surface area (Å²) >= 11 is 0. The molecule has 9 nitrogen and oxygen atoms in total. The average molecular weight is 461 g/mol. The monoisotopic (exact) mass is 460 g/mol. The summed E-state index contributed by atoms with van der Waals surface area (Å²) in [6.45, 7) is 9.17. The molecule has 0 fully saturated rings. The van der Waals surface area contributed by atoms with Crippen LogP contribution in [0.15, 0.2) is 59.6 Å². The Morgan fingerprint density at radius 2 is 1.94 bits per heavy atom. The number of carbonyl (C=O) groups is 1. The molecule has 1 amide bonds. The van der Waals surface area contributed by atoms with E-state index in [9.17, 15) is 4.79 Å². The van der Waals surface area contributed by atoms with E-state index in [1.807, 2.05) is 51.1 Å². The fourth-order valence-corrected chi connectivity index (χ4v) is 3.16. The molecule has 3 heterocycles. The van der Waals surface area contributed by atoms with Gasteiger partial charge in [-0.1, -0.05) is 45.0 Å². The van der Waals surface area contributed by atoms with E-state index in [2.05, 4.69) is 32.3 Å². The number of rotatable bonds is 8. The van der Waals surface area contributed by atoms with E-state index in [0.29, 0.717) is 36.2 Å². The zero-order valence-corrected chi connectivity index (χ0v) is 19.8. The van der Waals surface area contributed by atoms with Crippen molar-refractivity contribution >= 4 is 5.91 Å². The Kier molecular flexibility index (Phi) is 6.72. The number of benzene rings is 1. The number of hydrogen-bond donors (Lipinski definition) is 1. The SMILES string of the molecule is CCCOc1ccc(CNC(=O)c2cn(-c3ncccc3-c3nc(C(C)(C)C)no3)cn2)cc1. The number of ether oxygens (including phenoxy) is 1. The van der Waals surface area contributed by atoms with Crippen molar-refractivity contribution in [2.75, 3.05) is 6.61 Å². The molecule has 0 atom stereocenters. The van der Waals surface area contributed by atoms with E-state index in [4.69, 9.17) is 9.26 Å². The van der Waals surface area contributed by atoms with E-state index < -0.39 is 0 Å². The summed E-state index contributed by atoms with van der Waals surface area (Å²) in [7, 11) is 0. The normalized spacial score (nSPS) is 11.4. The number of nitrogens with zero attached hydrogens (tertiary/aromatic N) is 5. The number of hydrogen-bond acceptors (Lipinski definition) is 7. The van der Waals surface area contributed by atoms with Crippen molar-refractivity contribution in [2.45, 2.75) is 46.1 Å². The average Bonchev–Trinajstić information content (AvgIpc) is 3.52. The van der Waals surface area contributed by atoms with Gasteiger partial charge in [0.2, 0.25) is 0 Å². The summed E-state index contributed by atoms with van der Waals surface area (Å²) < 4.78 is 12.7. The van der Waals surface area contributed by atoms with Crippen LogP contribution in [0.2, 0.25) is 0 Å². The Morgan fingerprint density at radius 3 is 2.65 bits per heavy atom. The lowest BCUT2D eigenvalue weighted by Crippen LogP contribution is -2.23. The van der Waals surface area contributed by atoms with Gasteiger partial charge < -0.3 is 14.6 Å². The molecule has 0 saturated heterocycles. The first kappa shape index (κ1) is 23.2. The predicted molar refractivity (Wildman–Crippen MR) is 127 cm³/mol. The zero-order valence-electron chi connectivity index (χ0n) is 19.8. The Labute approximate surface area is 198 Å². The highest BCUT2D eigenvalue weighted by Gasteiger charge is 2.23. The molecule has 0 aliphatic heterocycles. The highest BCUT2D eigenvalue weighted by Crippen LogP contribution is 2.27. The van der Waals surface area contributed by atoms with Crippen LogP contribution >= 0.6 is 0 Å². The molecule has 0 aliphatic rings. The van der Waals surface area contributed by atoms with Crippen molar-refractivity contribution in [1.82, 2.24) is 30.0 Å². The zero-order chi connectivity index (χ0) is 24.1. The largest absolute Gasteiger partial charge is 0.494 e. The van der Waals surface area contributed by atoms with Crippen LogP contribution < -0.4 is 10.1 Å². The first-order valence-corrected chi connectivity index (χ1v) is 11.2. The maximum absolute atomic E-state index is 12.7. The van der Waals surface area contributed by atoms with Crippen molar-refractivity contribution in [3.63, 3.8) is 0 Å². The maximum Gasteiger partial charge on any atom is 0.271 e. The van der Waals surface area contributed by atoms with Crippen LogP contribution in [-0.2, 0) is 12.0 Å². The third-order valence-electron chi connectivity index (χ3n) is 5.02. The summed E-state index contributed by atoms with van der Waals surface area (Å²) in [6.07, 6.45) is 5.79. The van der Waals surface area contributed by atoms with Crippen molar-refractivity contribution in [3.8, 4) is 23.0 Å². The van der Waals surface area contributed by atoms with Crippen LogP contribution in [0.3, 0.4) is 0 Å². The Morgan fingerprint density at radius 1 is 1.15 bits per heavy atom. The van der Waals surface area contributed by atoms with Crippen LogP contribution in [-0.4, -0.2) is 37.2 Å². The molecule has 176 valence electrons. The Bertz CT molecular complexity index is 1250. The molecule has 0 spiro atoms. The summed E-state index contributed by atoms with van der Waals surface area (Å²) in [5.74, 6) is 2.04. The van der Waals surface area contributed by atoms with Gasteiger partial charge in [-0.3, -0.25) is 9.36 Å². The van der Waals surface area contributed by atoms with Gasteiger partial charge in [-0.15, -0.1) is 0 Å². The Hall–Kier alpha value is -4.01. The minimum absolute atomic E-state index is 0.243. The summed E-state index contributed by atoms with van der Waals surface area (Å²) in [6, 6.07) is 11.3. The third-order valence-corrected chi connectivity index (χ3v) is 5.02. The van der Waals surface area contributed by atoms with Crippen LogP contribution in [0, 0.1) is 0 Å². The van der Waals surface area contributed by atoms with Gasteiger partial charge in [0.1, 0.15) is 17.8 Å². The standard InChI is InChI=1S/C25H28N6O3/c1-5-13-33-18-10-8-17(9-11-18)14-27-22(32)20-15-31(16-28-20)21-19(7-6-12-26-21)23-29-24(30-34-23)25(2,3)4/h6-12,15-16H,5,13-14H2,1-4H3,(H,27,32). The van der Waals surface area contributed by atoms with Gasteiger partial charge in [0.05, 0.1) is 12.2 Å². The minimum Gasteiger partial charge on any atom is -0.494 e. The first-order valence-electron chi connectivity index (χ1n) is 11.2. The second-order valence-corrected chi connectivity index (χ2v) is 8.89. The van der Waals surface area contributed by atoms with Gasteiger partial charge in [0.15, 0.2) is 11.6 Å². The van der Waals surface area contributed by atoms with E-state index >= 15 is 0 Å². The van der Waals surface area contributed by atoms with Crippen molar-refractivity contribution in [2.24, 2.45) is 0 Å². The summed E-state index contributed by atoms with van der Waals surface area (Å²) in [5, 5.41) is 6.99. The molecule has 3 aromatic heterocycles. The highest BCUT2D eigenvalue weighted by molar-refractivity contribution is 5.92. The molecule has 9 heteroatoms.